The summed E-state index contributed by atoms with van der Waals surface area (Å²) in [6, 6.07) is 4.77. The van der Waals surface area contributed by atoms with Crippen molar-refractivity contribution < 1.29 is 14.3 Å². The molecule has 6 N–H and O–H groups in total. The second-order valence-electron chi connectivity index (χ2n) is 3.56. The minimum Gasteiger partial charge on any atom is -0.467 e. The van der Waals surface area contributed by atoms with Crippen LogP contribution in [-0.2, 0) is 11.3 Å². The first-order chi connectivity index (χ1) is 8.15. The SMILES string of the molecule is NC(=O)NC(N)Nc1ccc2c(c1)COCO2. The summed E-state index contributed by atoms with van der Waals surface area (Å²) in [4.78, 5) is 10.6. The van der Waals surface area contributed by atoms with Crippen LogP contribution in [0.25, 0.3) is 0 Å². The Labute approximate surface area is 98.1 Å². The molecule has 0 aromatic heterocycles. The molecule has 92 valence electrons. The van der Waals surface area contributed by atoms with Gasteiger partial charge in [-0.3, -0.25) is 5.73 Å². The first kappa shape index (κ1) is 11.5. The van der Waals surface area contributed by atoms with Gasteiger partial charge >= 0.3 is 6.03 Å². The maximum absolute atomic E-state index is 10.6. The summed E-state index contributed by atoms with van der Waals surface area (Å²) in [5.41, 5.74) is 12.2. The number of anilines is 1. The molecule has 7 nitrogen and oxygen atoms in total. The van der Waals surface area contributed by atoms with E-state index in [-0.39, 0.29) is 6.79 Å². The Balaban J connectivity index is 2.04. The van der Waals surface area contributed by atoms with Crippen LogP contribution in [0, 0.1) is 0 Å². The van der Waals surface area contributed by atoms with E-state index in [1.165, 1.54) is 0 Å². The summed E-state index contributed by atoms with van der Waals surface area (Å²) in [6.45, 7) is 0.756. The van der Waals surface area contributed by atoms with Crippen molar-refractivity contribution in [3.8, 4) is 5.75 Å². The van der Waals surface area contributed by atoms with Crippen LogP contribution >= 0.6 is 0 Å². The zero-order valence-electron chi connectivity index (χ0n) is 9.10. The van der Waals surface area contributed by atoms with Gasteiger partial charge in [0.2, 0.25) is 0 Å². The Bertz CT molecular complexity index is 424. The van der Waals surface area contributed by atoms with E-state index in [0.717, 1.165) is 17.0 Å². The summed E-state index contributed by atoms with van der Waals surface area (Å²) < 4.78 is 10.4. The Hall–Kier alpha value is -1.99. The van der Waals surface area contributed by atoms with Gasteiger partial charge in [-0.2, -0.15) is 0 Å². The number of carbonyl (C=O) groups is 1. The molecule has 0 bridgehead atoms. The largest absolute Gasteiger partial charge is 0.467 e. The Morgan fingerprint density at radius 3 is 3.06 bits per heavy atom. The van der Waals surface area contributed by atoms with Crippen LogP contribution in [0.3, 0.4) is 0 Å². The van der Waals surface area contributed by atoms with Gasteiger partial charge in [0.15, 0.2) is 13.1 Å². The Morgan fingerprint density at radius 1 is 1.47 bits per heavy atom. The molecule has 1 aromatic rings. The van der Waals surface area contributed by atoms with Crippen molar-refractivity contribution in [2.24, 2.45) is 11.5 Å². The Kier molecular flexibility index (Phi) is 3.31. The van der Waals surface area contributed by atoms with Crippen molar-refractivity contribution >= 4 is 11.7 Å². The van der Waals surface area contributed by atoms with E-state index in [9.17, 15) is 4.79 Å². The zero-order valence-corrected chi connectivity index (χ0v) is 9.10. The second-order valence-corrected chi connectivity index (χ2v) is 3.56. The van der Waals surface area contributed by atoms with Crippen molar-refractivity contribution in [2.75, 3.05) is 12.1 Å². The van der Waals surface area contributed by atoms with Gasteiger partial charge in [-0.25, -0.2) is 4.79 Å². The number of hydrogen-bond donors (Lipinski definition) is 4. The number of urea groups is 1. The van der Waals surface area contributed by atoms with Crippen LogP contribution in [0.2, 0.25) is 0 Å². The molecule has 7 heteroatoms. The molecule has 2 rings (SSSR count). The number of primary amides is 1. The van der Waals surface area contributed by atoms with E-state index in [2.05, 4.69) is 10.6 Å². The van der Waals surface area contributed by atoms with Crippen LogP contribution < -0.4 is 26.8 Å². The second kappa shape index (κ2) is 4.89. The fraction of sp³-hybridized carbons (Fsp3) is 0.300. The van der Waals surface area contributed by atoms with Gasteiger partial charge < -0.3 is 25.8 Å². The lowest BCUT2D eigenvalue weighted by atomic mass is 10.2. The minimum atomic E-state index is -0.740. The van der Waals surface area contributed by atoms with Crippen LogP contribution in [0.5, 0.6) is 5.75 Å². The topological polar surface area (TPSA) is 112 Å². The van der Waals surface area contributed by atoms with Gasteiger partial charge in [-0.1, -0.05) is 0 Å². The summed E-state index contributed by atoms with van der Waals surface area (Å²) in [5, 5.41) is 5.19. The average Bonchev–Trinajstić information content (AvgIpc) is 2.27. The van der Waals surface area contributed by atoms with E-state index < -0.39 is 12.3 Å². The van der Waals surface area contributed by atoms with E-state index in [4.69, 9.17) is 20.9 Å². The molecule has 1 aliphatic heterocycles. The summed E-state index contributed by atoms with van der Waals surface area (Å²) in [7, 11) is 0. The number of nitrogens with two attached hydrogens (primary N) is 2. The monoisotopic (exact) mass is 238 g/mol. The normalized spacial score (nSPS) is 15.4. The van der Waals surface area contributed by atoms with Crippen molar-refractivity contribution in [1.82, 2.24) is 5.32 Å². The van der Waals surface area contributed by atoms with Gasteiger partial charge in [0.1, 0.15) is 5.75 Å². The molecule has 1 aromatic carbocycles. The highest BCUT2D eigenvalue weighted by atomic mass is 16.7. The fourth-order valence-electron chi connectivity index (χ4n) is 1.55. The first-order valence-electron chi connectivity index (χ1n) is 5.07. The molecule has 1 aliphatic rings. The number of amides is 2. The molecule has 0 aliphatic carbocycles. The van der Waals surface area contributed by atoms with Crippen molar-refractivity contribution in [2.45, 2.75) is 12.9 Å². The van der Waals surface area contributed by atoms with Gasteiger partial charge in [-0.05, 0) is 18.2 Å². The third kappa shape index (κ3) is 2.99. The fourth-order valence-corrected chi connectivity index (χ4v) is 1.55. The number of benzene rings is 1. The van der Waals surface area contributed by atoms with Gasteiger partial charge in [0.25, 0.3) is 0 Å². The number of rotatable bonds is 3. The molecule has 0 radical (unpaired) electrons. The van der Waals surface area contributed by atoms with E-state index >= 15 is 0 Å². The number of ether oxygens (including phenoxy) is 2. The van der Waals surface area contributed by atoms with Crippen molar-refractivity contribution in [1.29, 1.82) is 0 Å². The third-order valence-electron chi connectivity index (χ3n) is 2.24. The smallest absolute Gasteiger partial charge is 0.314 e. The van der Waals surface area contributed by atoms with E-state index in [0.29, 0.717) is 6.61 Å². The van der Waals surface area contributed by atoms with Gasteiger partial charge in [0, 0.05) is 11.3 Å². The number of hydrogen-bond acceptors (Lipinski definition) is 5. The molecule has 2 amide bonds. The number of fused-ring (bicyclic) bond motifs is 1. The molecule has 1 atom stereocenters. The molecule has 0 saturated carbocycles. The maximum Gasteiger partial charge on any atom is 0.314 e. The van der Waals surface area contributed by atoms with E-state index in [1.54, 1.807) is 6.07 Å². The van der Waals surface area contributed by atoms with Gasteiger partial charge in [0.05, 0.1) is 6.61 Å². The van der Waals surface area contributed by atoms with Crippen LogP contribution in [0.15, 0.2) is 18.2 Å². The Morgan fingerprint density at radius 2 is 2.29 bits per heavy atom. The third-order valence-corrected chi connectivity index (χ3v) is 2.24. The van der Waals surface area contributed by atoms with Crippen molar-refractivity contribution in [3.05, 3.63) is 23.8 Å². The van der Waals surface area contributed by atoms with Gasteiger partial charge in [-0.15, -0.1) is 0 Å². The zero-order chi connectivity index (χ0) is 12.3. The number of nitrogens with one attached hydrogen (secondary N) is 2. The maximum atomic E-state index is 10.6. The molecule has 0 saturated heterocycles. The average molecular weight is 238 g/mol. The highest BCUT2D eigenvalue weighted by Crippen LogP contribution is 2.26. The standard InChI is InChI=1S/C10H14N4O3/c11-9(14-10(12)15)13-7-1-2-8-6(3-7)4-16-5-17-8/h1-3,9,13H,4-5,11H2,(H3,12,14,15). The van der Waals surface area contributed by atoms with Crippen LogP contribution in [0.4, 0.5) is 10.5 Å². The molecule has 0 spiro atoms. The molecule has 17 heavy (non-hydrogen) atoms. The van der Waals surface area contributed by atoms with Crippen LogP contribution in [-0.4, -0.2) is 19.1 Å². The molecule has 1 heterocycles. The molecule has 1 unspecified atom stereocenters. The lowest BCUT2D eigenvalue weighted by Crippen LogP contribution is -2.49. The molecular formula is C10H14N4O3. The lowest BCUT2D eigenvalue weighted by Gasteiger charge is -2.20. The number of carbonyl (C=O) groups excluding carboxylic acids is 1. The predicted molar refractivity (Wildman–Crippen MR) is 61.0 cm³/mol. The quantitative estimate of drug-likeness (QED) is 0.548. The summed E-state index contributed by atoms with van der Waals surface area (Å²) in [5.74, 6) is 0.790. The van der Waals surface area contributed by atoms with Crippen LogP contribution in [0.1, 0.15) is 5.56 Å². The molecule has 0 fully saturated rings. The molecular weight excluding hydrogens is 224 g/mol. The summed E-state index contributed by atoms with van der Waals surface area (Å²) in [6.07, 6.45) is -0.740. The van der Waals surface area contributed by atoms with E-state index in [1.807, 2.05) is 12.1 Å². The van der Waals surface area contributed by atoms with Crippen molar-refractivity contribution in [3.63, 3.8) is 0 Å². The summed E-state index contributed by atoms with van der Waals surface area (Å²) >= 11 is 0. The lowest BCUT2D eigenvalue weighted by molar-refractivity contribution is -0.0163. The highest BCUT2D eigenvalue weighted by Gasteiger charge is 2.11. The first-order valence-corrected chi connectivity index (χ1v) is 5.07. The highest BCUT2D eigenvalue weighted by molar-refractivity contribution is 5.72. The predicted octanol–water partition coefficient (Wildman–Crippen LogP) is -0.124. The minimum absolute atomic E-state index is 0.266.